The Morgan fingerprint density at radius 1 is 0.215 bits per heavy atom. The maximum Gasteiger partial charge on any atom is 3.00 e. The summed E-state index contributed by atoms with van der Waals surface area (Å²) in [5, 5.41) is 17.0. The summed E-state index contributed by atoms with van der Waals surface area (Å²) in [5.41, 5.74) is 15.9. The molecule has 0 unspecified atom stereocenters. The van der Waals surface area contributed by atoms with Gasteiger partial charge in [0.05, 0.1) is 0 Å². The average Bonchev–Trinajstić information content (AvgIpc) is 3.68. The van der Waals surface area contributed by atoms with Crippen LogP contribution in [-0.4, -0.2) is 15.0 Å². The molecule has 0 aliphatic carbocycles. The van der Waals surface area contributed by atoms with Crippen LogP contribution in [0.1, 0.15) is 0 Å². The fourth-order valence-corrected chi connectivity index (χ4v) is 12.5. The van der Waals surface area contributed by atoms with Gasteiger partial charge in [0.1, 0.15) is 0 Å². The molecular formula is C75H42IrN3. The molecule has 0 saturated carbocycles. The van der Waals surface area contributed by atoms with Crippen LogP contribution in [0.4, 0.5) is 0 Å². The molecule has 0 fully saturated rings. The van der Waals surface area contributed by atoms with E-state index in [4.69, 9.17) is 15.0 Å². The Morgan fingerprint density at radius 2 is 0.443 bits per heavy atom. The summed E-state index contributed by atoms with van der Waals surface area (Å²) >= 11 is 0. The summed E-state index contributed by atoms with van der Waals surface area (Å²) < 4.78 is 0. The largest absolute Gasteiger partial charge is 3.00 e. The zero-order valence-corrected chi connectivity index (χ0v) is 44.8. The number of pyridine rings is 3. The molecule has 0 saturated heterocycles. The molecule has 0 bridgehead atoms. The van der Waals surface area contributed by atoms with Crippen LogP contribution in [0.25, 0.3) is 164 Å². The van der Waals surface area contributed by atoms with Gasteiger partial charge in [0.15, 0.2) is 0 Å². The second-order valence-corrected chi connectivity index (χ2v) is 20.3. The quantitative estimate of drug-likeness (QED) is 0.123. The van der Waals surface area contributed by atoms with Crippen molar-refractivity contribution in [1.29, 1.82) is 0 Å². The third-order valence-corrected chi connectivity index (χ3v) is 16.0. The average molecular weight is 1180 g/mol. The minimum Gasteiger partial charge on any atom is -0.303 e. The summed E-state index contributed by atoms with van der Waals surface area (Å²) in [6, 6.07) is 95.7. The van der Waals surface area contributed by atoms with Crippen LogP contribution in [0.3, 0.4) is 0 Å². The van der Waals surface area contributed by atoms with Crippen molar-refractivity contribution in [3.63, 3.8) is 0 Å². The Balaban J connectivity index is 0.00000541. The third kappa shape index (κ3) is 7.48. The van der Waals surface area contributed by atoms with Gasteiger partial charge in [-0.25, -0.2) is 0 Å². The number of hydrogen-bond acceptors (Lipinski definition) is 3. The SMILES string of the molecule is [Ir+3].[c-]1cccc2c1c1ncc(-c3ccccc3-c3cc(-c4ccccc4-c4cnc5c6[c-]cccc6c6ccccc6c5c4)cc(-c4ccccc4-c4cnc5c6[c-]cccc6c6ccccc6c5c4)c3)cc1c1ccccc21. The second-order valence-electron chi connectivity index (χ2n) is 20.3. The van der Waals surface area contributed by atoms with E-state index in [-0.39, 0.29) is 20.1 Å². The minimum absolute atomic E-state index is 0. The molecule has 4 heteroatoms. The summed E-state index contributed by atoms with van der Waals surface area (Å²) in [6.07, 6.45) is 6.13. The first-order chi connectivity index (χ1) is 38.7. The van der Waals surface area contributed by atoms with Crippen molar-refractivity contribution in [3.8, 4) is 66.8 Å². The van der Waals surface area contributed by atoms with Gasteiger partial charge < -0.3 is 15.0 Å². The van der Waals surface area contributed by atoms with E-state index in [9.17, 15) is 0 Å². The van der Waals surface area contributed by atoms with E-state index in [0.29, 0.717) is 0 Å². The molecule has 16 aromatic rings. The summed E-state index contributed by atoms with van der Waals surface area (Å²) in [4.78, 5) is 15.8. The molecule has 0 N–H and O–H groups in total. The molecule has 0 amide bonds. The molecule has 3 nitrogen and oxygen atoms in total. The Morgan fingerprint density at radius 3 is 0.722 bits per heavy atom. The fraction of sp³-hybridized carbons (Fsp3) is 0. The van der Waals surface area contributed by atoms with Gasteiger partial charge in [-0.2, -0.15) is 0 Å². The van der Waals surface area contributed by atoms with Gasteiger partial charge in [0.25, 0.3) is 0 Å². The molecule has 0 aliphatic heterocycles. The maximum absolute atomic E-state index is 5.26. The van der Waals surface area contributed by atoms with Crippen LogP contribution >= 0.6 is 0 Å². The fourth-order valence-electron chi connectivity index (χ4n) is 12.5. The van der Waals surface area contributed by atoms with Crippen molar-refractivity contribution in [3.05, 3.63) is 273 Å². The first-order valence-corrected chi connectivity index (χ1v) is 26.5. The van der Waals surface area contributed by atoms with Crippen LogP contribution in [0, 0.1) is 18.2 Å². The van der Waals surface area contributed by atoms with Crippen molar-refractivity contribution in [1.82, 2.24) is 15.0 Å². The van der Waals surface area contributed by atoms with Crippen molar-refractivity contribution in [2.75, 3.05) is 0 Å². The van der Waals surface area contributed by atoms with E-state index < -0.39 is 0 Å². The summed E-state index contributed by atoms with van der Waals surface area (Å²) in [5.74, 6) is 0. The van der Waals surface area contributed by atoms with Gasteiger partial charge in [0, 0.05) is 18.6 Å². The minimum atomic E-state index is 0. The predicted molar refractivity (Wildman–Crippen MR) is 327 cm³/mol. The van der Waals surface area contributed by atoms with Crippen molar-refractivity contribution < 1.29 is 20.1 Å². The molecule has 16 rings (SSSR count). The topological polar surface area (TPSA) is 38.7 Å². The standard InChI is InChI=1S/C75H42N3.Ir/c1-4-22-55(49-40-70-64-31-10-7-25-58(64)61-28-13-16-34-67(61)73(70)76-43-49)52(19-1)46-37-47(53-20-2-5-23-56(53)50-41-71-65-32-11-8-26-59(65)62-29-14-17-35-68(62)74(71)77-44-50)39-48(38-46)54-21-3-6-24-57(54)51-42-72-66-33-12-9-27-60(66)63-30-15-18-36-69(63)75(72)78-45-51;/h1-33,37-45H;/q-3;+3. The van der Waals surface area contributed by atoms with Crippen LogP contribution in [0.2, 0.25) is 0 Å². The van der Waals surface area contributed by atoms with Crippen molar-refractivity contribution >= 4 is 97.3 Å². The molecule has 0 aliphatic rings. The molecule has 79 heavy (non-hydrogen) atoms. The molecule has 0 radical (unpaired) electrons. The van der Waals surface area contributed by atoms with Gasteiger partial charge in [-0.1, -0.05) is 196 Å². The summed E-state index contributed by atoms with van der Waals surface area (Å²) in [6.45, 7) is 0. The van der Waals surface area contributed by atoms with E-state index in [2.05, 4.69) is 237 Å². The van der Waals surface area contributed by atoms with Crippen LogP contribution < -0.4 is 0 Å². The molecular weight excluding hydrogens is 1140 g/mol. The molecule has 0 atom stereocenters. The maximum atomic E-state index is 5.26. The van der Waals surface area contributed by atoms with Gasteiger partial charge >= 0.3 is 20.1 Å². The Hall–Kier alpha value is -9.70. The summed E-state index contributed by atoms with van der Waals surface area (Å²) in [7, 11) is 0. The molecule has 0 spiro atoms. The number of benzene rings is 13. The van der Waals surface area contributed by atoms with E-state index in [0.717, 1.165) is 132 Å². The zero-order valence-electron chi connectivity index (χ0n) is 42.4. The van der Waals surface area contributed by atoms with E-state index >= 15 is 0 Å². The number of fused-ring (bicyclic) bond motifs is 18. The van der Waals surface area contributed by atoms with Crippen LogP contribution in [0.15, 0.2) is 255 Å². The van der Waals surface area contributed by atoms with E-state index in [1.807, 2.05) is 36.8 Å². The van der Waals surface area contributed by atoms with Crippen LogP contribution in [-0.2, 0) is 20.1 Å². The number of aromatic nitrogens is 3. The first kappa shape index (κ1) is 46.6. The van der Waals surface area contributed by atoms with Crippen LogP contribution in [0.5, 0.6) is 0 Å². The van der Waals surface area contributed by atoms with Gasteiger partial charge in [-0.15, -0.1) is 89.0 Å². The smallest absolute Gasteiger partial charge is 0.303 e. The zero-order chi connectivity index (χ0) is 51.3. The molecule has 3 heterocycles. The van der Waals surface area contributed by atoms with E-state index in [1.165, 1.54) is 32.3 Å². The molecule has 13 aromatic carbocycles. The third-order valence-electron chi connectivity index (χ3n) is 16.0. The van der Waals surface area contributed by atoms with E-state index in [1.54, 1.807) is 0 Å². The number of nitrogens with zero attached hydrogens (tertiary/aromatic N) is 3. The van der Waals surface area contributed by atoms with Gasteiger partial charge in [-0.3, -0.25) is 0 Å². The second kappa shape index (κ2) is 18.8. The number of rotatable bonds is 6. The first-order valence-electron chi connectivity index (χ1n) is 26.5. The Labute approximate surface area is 469 Å². The molecule has 3 aromatic heterocycles. The van der Waals surface area contributed by atoms with Crippen molar-refractivity contribution in [2.45, 2.75) is 0 Å². The van der Waals surface area contributed by atoms with Gasteiger partial charge in [0.2, 0.25) is 0 Å². The van der Waals surface area contributed by atoms with Gasteiger partial charge in [-0.05, 0) is 134 Å². The predicted octanol–water partition coefficient (Wildman–Crippen LogP) is 19.7. The number of hydrogen-bond donors (Lipinski definition) is 0. The monoisotopic (exact) mass is 1180 g/mol. The Bertz CT molecular complexity index is 4550. The molecule has 366 valence electrons. The van der Waals surface area contributed by atoms with Crippen molar-refractivity contribution in [2.24, 2.45) is 0 Å². The Kier molecular flexibility index (Phi) is 11.1. The normalized spacial score (nSPS) is 11.7.